The topological polar surface area (TPSA) is 69.2 Å². The Labute approximate surface area is 88.9 Å². The van der Waals surface area contributed by atoms with E-state index >= 15 is 0 Å². The van der Waals surface area contributed by atoms with Gasteiger partial charge in [0.15, 0.2) is 0 Å². The maximum Gasteiger partial charge on any atom is 0.271 e. The summed E-state index contributed by atoms with van der Waals surface area (Å²) in [7, 11) is 0. The number of benzene rings is 1. The minimum atomic E-state index is -0.435. The number of thiophene rings is 1. The van der Waals surface area contributed by atoms with E-state index in [9.17, 15) is 10.1 Å². The number of hydrogen-bond acceptors (Lipinski definition) is 5. The second kappa shape index (κ2) is 3.14. The van der Waals surface area contributed by atoms with Gasteiger partial charge in [-0.15, -0.1) is 24.0 Å². The van der Waals surface area contributed by atoms with Crippen molar-refractivity contribution in [3.05, 3.63) is 28.3 Å². The zero-order valence-electron chi connectivity index (χ0n) is 6.93. The van der Waals surface area contributed by atoms with Gasteiger partial charge in [-0.2, -0.15) is 0 Å². The lowest BCUT2D eigenvalue weighted by atomic mass is 10.2. The summed E-state index contributed by atoms with van der Waals surface area (Å²) in [6, 6.07) is 4.71. The highest BCUT2D eigenvalue weighted by molar-refractivity contribution is 7.80. The van der Waals surface area contributed by atoms with E-state index in [0.717, 1.165) is 10.1 Å². The molecule has 0 aliphatic carbocycles. The Morgan fingerprint density at radius 3 is 2.79 bits per heavy atom. The standard InChI is InChI=1S/C8H6N2O2S2/c9-8-3-5-6(13)1-4(10(11)12)2-7(5)14-8/h1-3,13H,9H2. The number of nitrogens with zero attached hydrogens (tertiary/aromatic N) is 1. The van der Waals surface area contributed by atoms with E-state index in [2.05, 4.69) is 12.6 Å². The van der Waals surface area contributed by atoms with Gasteiger partial charge in [-0.3, -0.25) is 10.1 Å². The fourth-order valence-corrected chi connectivity index (χ4v) is 2.51. The van der Waals surface area contributed by atoms with Gasteiger partial charge in [0, 0.05) is 27.1 Å². The number of non-ortho nitro benzene ring substituents is 1. The molecule has 1 aromatic carbocycles. The van der Waals surface area contributed by atoms with Crippen molar-refractivity contribution in [2.24, 2.45) is 0 Å². The second-order valence-electron chi connectivity index (χ2n) is 2.78. The van der Waals surface area contributed by atoms with Crippen LogP contribution in [0.4, 0.5) is 10.7 Å². The number of fused-ring (bicyclic) bond motifs is 1. The molecule has 6 heteroatoms. The molecule has 1 heterocycles. The monoisotopic (exact) mass is 226 g/mol. The highest BCUT2D eigenvalue weighted by Crippen LogP contribution is 2.35. The van der Waals surface area contributed by atoms with Crippen LogP contribution in [0.3, 0.4) is 0 Å². The average molecular weight is 226 g/mol. The zero-order valence-corrected chi connectivity index (χ0v) is 8.64. The first-order valence-electron chi connectivity index (χ1n) is 3.74. The number of nitrogen functional groups attached to an aromatic ring is 1. The number of nitro groups is 1. The van der Waals surface area contributed by atoms with Gasteiger partial charge in [0.05, 0.1) is 9.92 Å². The van der Waals surface area contributed by atoms with Crippen molar-refractivity contribution in [1.82, 2.24) is 0 Å². The molecule has 4 nitrogen and oxygen atoms in total. The Bertz CT molecular complexity index is 521. The first-order valence-corrected chi connectivity index (χ1v) is 5.01. The van der Waals surface area contributed by atoms with Crippen LogP contribution in [0.2, 0.25) is 0 Å². The molecule has 0 saturated heterocycles. The number of nitrogens with two attached hydrogens (primary N) is 1. The van der Waals surface area contributed by atoms with Gasteiger partial charge in [0.2, 0.25) is 0 Å². The van der Waals surface area contributed by atoms with Crippen LogP contribution in [0, 0.1) is 10.1 Å². The Morgan fingerprint density at radius 1 is 1.43 bits per heavy atom. The summed E-state index contributed by atoms with van der Waals surface area (Å²) < 4.78 is 0.793. The van der Waals surface area contributed by atoms with Crippen molar-refractivity contribution in [2.75, 3.05) is 5.73 Å². The van der Waals surface area contributed by atoms with E-state index in [-0.39, 0.29) is 5.69 Å². The Morgan fingerprint density at radius 2 is 2.14 bits per heavy atom. The highest BCUT2D eigenvalue weighted by atomic mass is 32.1. The molecule has 72 valence electrons. The van der Waals surface area contributed by atoms with Crippen LogP contribution in [0.25, 0.3) is 10.1 Å². The van der Waals surface area contributed by atoms with Crippen LogP contribution in [0.1, 0.15) is 0 Å². The molecule has 0 bridgehead atoms. The second-order valence-corrected chi connectivity index (χ2v) is 4.38. The van der Waals surface area contributed by atoms with Crippen LogP contribution in [0.15, 0.2) is 23.1 Å². The van der Waals surface area contributed by atoms with Gasteiger partial charge in [0.1, 0.15) is 0 Å². The molecule has 0 aliphatic rings. The predicted octanol–water partition coefficient (Wildman–Crippen LogP) is 2.68. The number of thiol groups is 1. The molecule has 0 radical (unpaired) electrons. The minimum absolute atomic E-state index is 0.0457. The molecule has 14 heavy (non-hydrogen) atoms. The maximum absolute atomic E-state index is 10.5. The molecular formula is C8H6N2O2S2. The summed E-state index contributed by atoms with van der Waals surface area (Å²) in [5.41, 5.74) is 5.65. The quantitative estimate of drug-likeness (QED) is 0.446. The summed E-state index contributed by atoms with van der Waals surface area (Å²) in [5, 5.41) is 12.0. The maximum atomic E-state index is 10.5. The van der Waals surface area contributed by atoms with Crippen LogP contribution < -0.4 is 5.73 Å². The van der Waals surface area contributed by atoms with Gasteiger partial charge >= 0.3 is 0 Å². The molecule has 0 amide bonds. The van der Waals surface area contributed by atoms with Gasteiger partial charge in [-0.25, -0.2) is 0 Å². The molecule has 0 aliphatic heterocycles. The summed E-state index contributed by atoms with van der Waals surface area (Å²) in [5.74, 6) is 0. The van der Waals surface area contributed by atoms with E-state index in [1.165, 1.54) is 23.5 Å². The zero-order chi connectivity index (χ0) is 10.3. The largest absolute Gasteiger partial charge is 0.391 e. The van der Waals surface area contributed by atoms with Gasteiger partial charge in [-0.05, 0) is 6.07 Å². The van der Waals surface area contributed by atoms with Crippen LogP contribution in [0.5, 0.6) is 0 Å². The lowest BCUT2D eigenvalue weighted by Crippen LogP contribution is -1.86. The summed E-state index contributed by atoms with van der Waals surface area (Å²) >= 11 is 5.50. The fraction of sp³-hybridized carbons (Fsp3) is 0. The molecule has 2 N–H and O–H groups in total. The van der Waals surface area contributed by atoms with Gasteiger partial charge in [0.25, 0.3) is 5.69 Å². The molecule has 0 spiro atoms. The minimum Gasteiger partial charge on any atom is -0.391 e. The van der Waals surface area contributed by atoms with Crippen molar-refractivity contribution < 1.29 is 4.92 Å². The van der Waals surface area contributed by atoms with Gasteiger partial charge < -0.3 is 5.73 Å². The third kappa shape index (κ3) is 1.42. The summed E-state index contributed by atoms with van der Waals surface area (Å²) in [6.07, 6.45) is 0. The van der Waals surface area contributed by atoms with Crippen LogP contribution >= 0.6 is 24.0 Å². The number of rotatable bonds is 1. The lowest BCUT2D eigenvalue weighted by Gasteiger charge is -1.95. The normalized spacial score (nSPS) is 10.6. The Kier molecular flexibility index (Phi) is 2.09. The van der Waals surface area contributed by atoms with E-state index in [0.29, 0.717) is 9.90 Å². The van der Waals surface area contributed by atoms with E-state index < -0.39 is 4.92 Å². The van der Waals surface area contributed by atoms with Crippen molar-refractivity contribution in [3.63, 3.8) is 0 Å². The smallest absolute Gasteiger partial charge is 0.271 e. The van der Waals surface area contributed by atoms with Crippen LogP contribution in [-0.4, -0.2) is 4.92 Å². The SMILES string of the molecule is Nc1cc2c(S)cc([N+](=O)[O-])cc2s1. The molecule has 0 unspecified atom stereocenters. The predicted molar refractivity (Wildman–Crippen MR) is 60.1 cm³/mol. The Balaban J connectivity index is 2.77. The summed E-state index contributed by atoms with van der Waals surface area (Å²) in [4.78, 5) is 10.7. The van der Waals surface area contributed by atoms with Crippen molar-refractivity contribution in [1.29, 1.82) is 0 Å². The van der Waals surface area contributed by atoms with Crippen molar-refractivity contribution in [3.8, 4) is 0 Å². The number of hydrogen-bond donors (Lipinski definition) is 2. The van der Waals surface area contributed by atoms with Crippen molar-refractivity contribution in [2.45, 2.75) is 4.90 Å². The first kappa shape index (κ1) is 9.29. The average Bonchev–Trinajstić information content (AvgIpc) is 2.45. The van der Waals surface area contributed by atoms with Crippen LogP contribution in [-0.2, 0) is 0 Å². The molecule has 2 aromatic rings. The highest BCUT2D eigenvalue weighted by Gasteiger charge is 2.11. The molecule has 1 aromatic heterocycles. The van der Waals surface area contributed by atoms with E-state index in [4.69, 9.17) is 5.73 Å². The molecule has 0 saturated carbocycles. The number of nitro benzene ring substituents is 1. The third-order valence-electron chi connectivity index (χ3n) is 1.83. The molecule has 2 rings (SSSR count). The lowest BCUT2D eigenvalue weighted by molar-refractivity contribution is -0.384. The Hall–Kier alpha value is -1.27. The van der Waals surface area contributed by atoms with Crippen molar-refractivity contribution >= 4 is 44.7 Å². The summed E-state index contributed by atoms with van der Waals surface area (Å²) in [6.45, 7) is 0. The van der Waals surface area contributed by atoms with E-state index in [1.807, 2.05) is 0 Å². The third-order valence-corrected chi connectivity index (χ3v) is 3.11. The van der Waals surface area contributed by atoms with Gasteiger partial charge in [-0.1, -0.05) is 0 Å². The fourth-order valence-electron chi connectivity index (χ4n) is 1.23. The molecular weight excluding hydrogens is 220 g/mol. The number of anilines is 1. The van der Waals surface area contributed by atoms with E-state index in [1.54, 1.807) is 6.07 Å². The molecule has 0 fully saturated rings. The molecule has 0 atom stereocenters. The first-order chi connectivity index (χ1) is 6.58.